The van der Waals surface area contributed by atoms with Gasteiger partial charge in [0.1, 0.15) is 17.5 Å². The largest absolute Gasteiger partial charge is 0.387 e. The molecule has 1 unspecified atom stereocenters. The van der Waals surface area contributed by atoms with Crippen LogP contribution in [0.4, 0.5) is 13.2 Å². The Kier molecular flexibility index (Phi) is 3.49. The normalized spacial score (nSPS) is 12.9. The summed E-state index contributed by atoms with van der Waals surface area (Å²) in [7, 11) is 1.53. The maximum atomic E-state index is 13.0. The summed E-state index contributed by atoms with van der Waals surface area (Å²) >= 11 is 0. The number of aliphatic hydroxyl groups excluding tert-OH is 1. The van der Waals surface area contributed by atoms with Gasteiger partial charge in [0.05, 0.1) is 11.7 Å². The van der Waals surface area contributed by atoms with Crippen molar-refractivity contribution in [2.75, 3.05) is 13.6 Å². The van der Waals surface area contributed by atoms with E-state index in [1.54, 1.807) is 0 Å². The first kappa shape index (κ1) is 11.0. The van der Waals surface area contributed by atoms with Crippen LogP contribution in [0, 0.1) is 17.5 Å². The standard InChI is InChI=1S/C9H10F3NO/c1-13-4-8(14)9-6(11)2-5(10)3-7(9)12/h2-3,8,13-14H,4H2,1H3. The predicted molar refractivity (Wildman–Crippen MR) is 45.2 cm³/mol. The van der Waals surface area contributed by atoms with E-state index in [2.05, 4.69) is 5.32 Å². The molecule has 5 heteroatoms. The predicted octanol–water partition coefficient (Wildman–Crippen LogP) is 1.36. The molecule has 0 heterocycles. The third kappa shape index (κ3) is 2.24. The van der Waals surface area contributed by atoms with Gasteiger partial charge in [-0.3, -0.25) is 0 Å². The Hall–Kier alpha value is -1.07. The fourth-order valence-corrected chi connectivity index (χ4v) is 1.17. The highest BCUT2D eigenvalue weighted by atomic mass is 19.1. The molecule has 0 aromatic heterocycles. The molecule has 1 atom stereocenters. The Balaban J connectivity index is 3.07. The highest BCUT2D eigenvalue weighted by Crippen LogP contribution is 2.21. The Morgan fingerprint density at radius 2 is 1.79 bits per heavy atom. The number of benzene rings is 1. The first-order valence-corrected chi connectivity index (χ1v) is 4.03. The van der Waals surface area contributed by atoms with Crippen LogP contribution in [-0.2, 0) is 0 Å². The van der Waals surface area contributed by atoms with Crippen molar-refractivity contribution in [3.8, 4) is 0 Å². The smallest absolute Gasteiger partial charge is 0.134 e. The van der Waals surface area contributed by atoms with Gasteiger partial charge < -0.3 is 10.4 Å². The van der Waals surface area contributed by atoms with E-state index < -0.39 is 29.1 Å². The zero-order valence-electron chi connectivity index (χ0n) is 7.52. The van der Waals surface area contributed by atoms with Crippen LogP contribution in [-0.4, -0.2) is 18.7 Å². The fraction of sp³-hybridized carbons (Fsp3) is 0.333. The summed E-state index contributed by atoms with van der Waals surface area (Å²) in [6.45, 7) is -0.000523. The number of hydrogen-bond donors (Lipinski definition) is 2. The first-order chi connectivity index (χ1) is 6.56. The van der Waals surface area contributed by atoms with Crippen LogP contribution in [0.3, 0.4) is 0 Å². The fourth-order valence-electron chi connectivity index (χ4n) is 1.17. The molecule has 1 aromatic rings. The molecule has 0 aliphatic rings. The lowest BCUT2D eigenvalue weighted by Gasteiger charge is -2.12. The van der Waals surface area contributed by atoms with Crippen molar-refractivity contribution in [1.82, 2.24) is 5.32 Å². The quantitative estimate of drug-likeness (QED) is 0.780. The molecule has 1 rings (SSSR count). The molecule has 0 saturated carbocycles. The molecule has 78 valence electrons. The minimum atomic E-state index is -1.32. The number of nitrogens with one attached hydrogen (secondary N) is 1. The van der Waals surface area contributed by atoms with E-state index in [0.717, 1.165) is 0 Å². The lowest BCUT2D eigenvalue weighted by atomic mass is 10.1. The SMILES string of the molecule is CNCC(O)c1c(F)cc(F)cc1F. The van der Waals surface area contributed by atoms with Crippen LogP contribution in [0.5, 0.6) is 0 Å². The average molecular weight is 205 g/mol. The van der Waals surface area contributed by atoms with E-state index in [0.29, 0.717) is 12.1 Å². The lowest BCUT2D eigenvalue weighted by molar-refractivity contribution is 0.167. The van der Waals surface area contributed by atoms with Gasteiger partial charge in [-0.15, -0.1) is 0 Å². The maximum Gasteiger partial charge on any atom is 0.134 e. The molecule has 0 bridgehead atoms. The van der Waals surface area contributed by atoms with Crippen LogP contribution < -0.4 is 5.32 Å². The first-order valence-electron chi connectivity index (χ1n) is 4.03. The van der Waals surface area contributed by atoms with Crippen molar-refractivity contribution < 1.29 is 18.3 Å². The summed E-state index contributed by atoms with van der Waals surface area (Å²) in [5.41, 5.74) is -0.513. The molecule has 0 spiro atoms. The third-order valence-corrected chi connectivity index (χ3v) is 1.77. The van der Waals surface area contributed by atoms with Gasteiger partial charge in [0.25, 0.3) is 0 Å². The van der Waals surface area contributed by atoms with Gasteiger partial charge in [0.15, 0.2) is 0 Å². The molecule has 2 nitrogen and oxygen atoms in total. The summed E-state index contributed by atoms with van der Waals surface area (Å²) in [5, 5.41) is 11.9. The van der Waals surface area contributed by atoms with Gasteiger partial charge >= 0.3 is 0 Å². The van der Waals surface area contributed by atoms with Crippen LogP contribution in [0.15, 0.2) is 12.1 Å². The van der Waals surface area contributed by atoms with E-state index in [-0.39, 0.29) is 6.54 Å². The van der Waals surface area contributed by atoms with Gasteiger partial charge in [-0.05, 0) is 7.05 Å². The molecule has 0 saturated heterocycles. The highest BCUT2D eigenvalue weighted by molar-refractivity contribution is 5.23. The summed E-state index contributed by atoms with van der Waals surface area (Å²) in [4.78, 5) is 0. The van der Waals surface area contributed by atoms with E-state index >= 15 is 0 Å². The third-order valence-electron chi connectivity index (χ3n) is 1.77. The monoisotopic (exact) mass is 205 g/mol. The lowest BCUT2D eigenvalue weighted by Crippen LogP contribution is -2.19. The second-order valence-corrected chi connectivity index (χ2v) is 2.86. The molecule has 0 amide bonds. The van der Waals surface area contributed by atoms with Gasteiger partial charge in [-0.25, -0.2) is 13.2 Å². The number of aliphatic hydroxyl groups is 1. The Bertz CT molecular complexity index is 307. The topological polar surface area (TPSA) is 32.3 Å². The zero-order chi connectivity index (χ0) is 10.7. The van der Waals surface area contributed by atoms with Crippen molar-refractivity contribution in [3.63, 3.8) is 0 Å². The molecular formula is C9H10F3NO. The van der Waals surface area contributed by atoms with Crippen LogP contribution in [0.25, 0.3) is 0 Å². The summed E-state index contributed by atoms with van der Waals surface area (Å²) in [5.74, 6) is -3.16. The summed E-state index contributed by atoms with van der Waals surface area (Å²) in [6.07, 6.45) is -1.32. The zero-order valence-corrected chi connectivity index (χ0v) is 7.52. The maximum absolute atomic E-state index is 13.0. The van der Waals surface area contributed by atoms with Crippen LogP contribution in [0.1, 0.15) is 11.7 Å². The minimum Gasteiger partial charge on any atom is -0.387 e. The Morgan fingerprint density at radius 3 is 2.21 bits per heavy atom. The number of likely N-dealkylation sites (N-methyl/N-ethyl adjacent to an activating group) is 1. The average Bonchev–Trinajstić information content (AvgIpc) is 2.01. The Morgan fingerprint density at radius 1 is 1.29 bits per heavy atom. The van der Waals surface area contributed by atoms with Crippen LogP contribution >= 0.6 is 0 Å². The molecule has 14 heavy (non-hydrogen) atoms. The molecule has 1 aromatic carbocycles. The molecule has 0 radical (unpaired) electrons. The van der Waals surface area contributed by atoms with Crippen molar-refractivity contribution in [2.45, 2.75) is 6.10 Å². The minimum absolute atomic E-state index is 0.000523. The van der Waals surface area contributed by atoms with Crippen molar-refractivity contribution >= 4 is 0 Å². The van der Waals surface area contributed by atoms with Gasteiger partial charge in [-0.1, -0.05) is 0 Å². The van der Waals surface area contributed by atoms with E-state index in [4.69, 9.17) is 0 Å². The highest BCUT2D eigenvalue weighted by Gasteiger charge is 2.18. The number of hydrogen-bond acceptors (Lipinski definition) is 2. The van der Waals surface area contributed by atoms with E-state index in [9.17, 15) is 18.3 Å². The molecule has 0 aliphatic carbocycles. The van der Waals surface area contributed by atoms with Gasteiger partial charge in [-0.2, -0.15) is 0 Å². The Labute approximate surface area is 79.4 Å². The second kappa shape index (κ2) is 4.43. The van der Waals surface area contributed by atoms with Crippen molar-refractivity contribution in [3.05, 3.63) is 35.1 Å². The van der Waals surface area contributed by atoms with E-state index in [1.807, 2.05) is 0 Å². The number of rotatable bonds is 3. The number of halogens is 3. The van der Waals surface area contributed by atoms with Crippen LogP contribution in [0.2, 0.25) is 0 Å². The van der Waals surface area contributed by atoms with Gasteiger partial charge in [0, 0.05) is 18.7 Å². The van der Waals surface area contributed by atoms with E-state index in [1.165, 1.54) is 7.05 Å². The summed E-state index contributed by atoms with van der Waals surface area (Å²) in [6, 6.07) is 1.08. The van der Waals surface area contributed by atoms with Crippen molar-refractivity contribution in [1.29, 1.82) is 0 Å². The summed E-state index contributed by atoms with van der Waals surface area (Å²) < 4.78 is 38.5. The molecular weight excluding hydrogens is 195 g/mol. The van der Waals surface area contributed by atoms with Crippen molar-refractivity contribution in [2.24, 2.45) is 0 Å². The molecule has 2 N–H and O–H groups in total. The second-order valence-electron chi connectivity index (χ2n) is 2.86. The van der Waals surface area contributed by atoms with Gasteiger partial charge in [0.2, 0.25) is 0 Å². The molecule has 0 aliphatic heterocycles. The molecule has 0 fully saturated rings.